The number of anilines is 1. The fourth-order valence-corrected chi connectivity index (χ4v) is 6.49. The highest BCUT2D eigenvalue weighted by atomic mass is 16.2. The summed E-state index contributed by atoms with van der Waals surface area (Å²) in [7, 11) is 1.72. The zero-order valence-corrected chi connectivity index (χ0v) is 22.1. The summed E-state index contributed by atoms with van der Waals surface area (Å²) in [6, 6.07) is 7.41. The van der Waals surface area contributed by atoms with Gasteiger partial charge in [-0.3, -0.25) is 19.1 Å². The molecule has 1 saturated carbocycles. The van der Waals surface area contributed by atoms with Gasteiger partial charge in [-0.15, -0.1) is 0 Å². The minimum absolute atomic E-state index is 0.0516. The van der Waals surface area contributed by atoms with E-state index in [1.54, 1.807) is 19.3 Å². The van der Waals surface area contributed by atoms with Gasteiger partial charge < -0.3 is 16.0 Å². The van der Waals surface area contributed by atoms with Crippen LogP contribution in [0.2, 0.25) is 0 Å². The van der Waals surface area contributed by atoms with Crippen LogP contribution in [0.15, 0.2) is 30.5 Å². The molecule has 3 amide bonds. The summed E-state index contributed by atoms with van der Waals surface area (Å²) >= 11 is 0. The van der Waals surface area contributed by atoms with E-state index in [0.717, 1.165) is 50.6 Å². The number of hydrogen-bond donors (Lipinski definition) is 3. The van der Waals surface area contributed by atoms with Crippen LogP contribution in [0.3, 0.4) is 0 Å². The molecule has 1 aromatic carbocycles. The van der Waals surface area contributed by atoms with Crippen LogP contribution in [-0.2, 0) is 29.5 Å². The van der Waals surface area contributed by atoms with Gasteiger partial charge in [-0.25, -0.2) is 0 Å². The number of hydrogen-bond acceptors (Lipinski definition) is 4. The molecule has 0 radical (unpaired) electrons. The number of benzene rings is 1. The van der Waals surface area contributed by atoms with E-state index in [0.29, 0.717) is 17.5 Å². The molecular formula is C29H39N5O3. The first-order valence-corrected chi connectivity index (χ1v) is 13.8. The first-order valence-electron chi connectivity index (χ1n) is 13.8. The van der Waals surface area contributed by atoms with Gasteiger partial charge in [-0.2, -0.15) is 5.10 Å². The number of carbonyl (C=O) groups is 3. The lowest BCUT2D eigenvalue weighted by molar-refractivity contribution is -0.124. The second-order valence-electron chi connectivity index (χ2n) is 11.5. The van der Waals surface area contributed by atoms with Crippen molar-refractivity contribution in [2.24, 2.45) is 30.7 Å². The van der Waals surface area contributed by atoms with Gasteiger partial charge in [0.1, 0.15) is 11.7 Å². The molecule has 3 aliphatic rings. The lowest BCUT2D eigenvalue weighted by Crippen LogP contribution is -2.49. The summed E-state index contributed by atoms with van der Waals surface area (Å²) < 4.78 is 1.52. The maximum absolute atomic E-state index is 13.5. The highest BCUT2D eigenvalue weighted by molar-refractivity contribution is 6.00. The normalized spacial score (nSPS) is 24.5. The summed E-state index contributed by atoms with van der Waals surface area (Å²) in [6.45, 7) is 4.32. The van der Waals surface area contributed by atoms with Crippen LogP contribution < -0.4 is 16.0 Å². The monoisotopic (exact) mass is 505 g/mol. The second-order valence-corrected chi connectivity index (χ2v) is 11.5. The third kappa shape index (κ3) is 5.43. The Balaban J connectivity index is 1.27. The average Bonchev–Trinajstić information content (AvgIpc) is 3.60. The van der Waals surface area contributed by atoms with Gasteiger partial charge in [0.15, 0.2) is 0 Å². The molecular weight excluding hydrogens is 466 g/mol. The first kappa shape index (κ1) is 25.5. The van der Waals surface area contributed by atoms with Gasteiger partial charge >= 0.3 is 0 Å². The fourth-order valence-electron chi connectivity index (χ4n) is 6.49. The van der Waals surface area contributed by atoms with Gasteiger partial charge in [0, 0.05) is 30.9 Å². The molecule has 8 nitrogen and oxygen atoms in total. The molecule has 0 bridgehead atoms. The smallest absolute Gasteiger partial charge is 0.270 e. The lowest BCUT2D eigenvalue weighted by Gasteiger charge is -2.30. The zero-order chi connectivity index (χ0) is 26.1. The molecule has 198 valence electrons. The minimum atomic E-state index is -0.598. The molecule has 2 unspecified atom stereocenters. The van der Waals surface area contributed by atoms with Crippen LogP contribution in [0.5, 0.6) is 0 Å². The topological polar surface area (TPSA) is 105 Å². The lowest BCUT2D eigenvalue weighted by atomic mass is 9.83. The highest BCUT2D eigenvalue weighted by Gasteiger charge is 2.41. The molecule has 1 saturated heterocycles. The SMILES string of the molecule is CC(C)[C@@H]1CC(C2Cc3ccc(NC(=O)[C@@H](NC(=O)c4ccnn4C)C4CCCCC4)cc3C2)C(=O)N1. The summed E-state index contributed by atoms with van der Waals surface area (Å²) in [6.07, 6.45) is 9.41. The standard InChI is InChI=1S/C29H39N5O3/c1-17(2)24-16-23(27(35)32-24)21-13-19-9-10-22(15-20(19)14-21)31-29(37)26(18-7-5-4-6-8-18)33-28(36)25-11-12-30-34(25)3/h9-12,15,17-18,21,23-24,26H,4-8,13-14,16H2,1-3H3,(H,31,37)(H,32,35)(H,33,36)/t21?,23?,24-,26-/m0/s1. The van der Waals surface area contributed by atoms with E-state index in [4.69, 9.17) is 0 Å². The Hall–Kier alpha value is -3.16. The summed E-state index contributed by atoms with van der Waals surface area (Å²) in [5.74, 6) is 0.636. The Bertz CT molecular complexity index is 1170. The molecule has 2 heterocycles. The van der Waals surface area contributed by atoms with Crippen molar-refractivity contribution in [2.75, 3.05) is 5.32 Å². The predicted molar refractivity (Wildman–Crippen MR) is 142 cm³/mol. The van der Waals surface area contributed by atoms with Crippen molar-refractivity contribution >= 4 is 23.4 Å². The number of nitrogens with one attached hydrogen (secondary N) is 3. The maximum Gasteiger partial charge on any atom is 0.270 e. The zero-order valence-electron chi connectivity index (χ0n) is 22.1. The van der Waals surface area contributed by atoms with Crippen molar-refractivity contribution in [1.82, 2.24) is 20.4 Å². The molecule has 5 rings (SSSR count). The third-order valence-corrected chi connectivity index (χ3v) is 8.73. The van der Waals surface area contributed by atoms with Crippen molar-refractivity contribution in [1.29, 1.82) is 0 Å². The van der Waals surface area contributed by atoms with Gasteiger partial charge in [0.05, 0.1) is 0 Å². The molecule has 2 aromatic rings. The third-order valence-electron chi connectivity index (χ3n) is 8.73. The van der Waals surface area contributed by atoms with E-state index in [1.165, 1.54) is 22.2 Å². The van der Waals surface area contributed by atoms with Crippen LogP contribution in [0, 0.1) is 23.7 Å². The molecule has 3 N–H and O–H groups in total. The largest absolute Gasteiger partial charge is 0.353 e. The Morgan fingerprint density at radius 3 is 2.51 bits per heavy atom. The quantitative estimate of drug-likeness (QED) is 0.535. The molecule has 1 aromatic heterocycles. The van der Waals surface area contributed by atoms with E-state index in [2.05, 4.69) is 47.0 Å². The number of fused-ring (bicyclic) bond motifs is 1. The summed E-state index contributed by atoms with van der Waals surface area (Å²) in [4.78, 5) is 39.1. The number of aryl methyl sites for hydroxylation is 1. The molecule has 4 atom stereocenters. The molecule has 1 aliphatic heterocycles. The average molecular weight is 506 g/mol. The molecule has 2 fully saturated rings. The van der Waals surface area contributed by atoms with Crippen molar-refractivity contribution in [3.63, 3.8) is 0 Å². The van der Waals surface area contributed by atoms with Crippen molar-refractivity contribution in [2.45, 2.75) is 77.3 Å². The van der Waals surface area contributed by atoms with E-state index in [1.807, 2.05) is 6.07 Å². The van der Waals surface area contributed by atoms with E-state index in [-0.39, 0.29) is 35.6 Å². The van der Waals surface area contributed by atoms with E-state index < -0.39 is 6.04 Å². The highest BCUT2D eigenvalue weighted by Crippen LogP contribution is 2.38. The number of carbonyl (C=O) groups excluding carboxylic acids is 3. The fraction of sp³-hybridized carbons (Fsp3) is 0.586. The van der Waals surface area contributed by atoms with Crippen molar-refractivity contribution in [3.05, 3.63) is 47.3 Å². The number of aromatic nitrogens is 2. The Morgan fingerprint density at radius 2 is 1.84 bits per heavy atom. The Morgan fingerprint density at radius 1 is 1.08 bits per heavy atom. The molecule has 2 aliphatic carbocycles. The predicted octanol–water partition coefficient (Wildman–Crippen LogP) is 3.61. The number of nitrogens with zero attached hydrogens (tertiary/aromatic N) is 2. The van der Waals surface area contributed by atoms with Crippen LogP contribution >= 0.6 is 0 Å². The Labute approximate surface area is 219 Å². The van der Waals surface area contributed by atoms with Gasteiger partial charge in [0.2, 0.25) is 11.8 Å². The van der Waals surface area contributed by atoms with Crippen molar-refractivity contribution in [3.8, 4) is 0 Å². The summed E-state index contributed by atoms with van der Waals surface area (Å²) in [5, 5.41) is 13.4. The van der Waals surface area contributed by atoms with Gasteiger partial charge in [-0.1, -0.05) is 39.2 Å². The summed E-state index contributed by atoms with van der Waals surface area (Å²) in [5.41, 5.74) is 3.65. The maximum atomic E-state index is 13.5. The van der Waals surface area contributed by atoms with Crippen LogP contribution in [0.4, 0.5) is 5.69 Å². The van der Waals surface area contributed by atoms with Gasteiger partial charge in [0.25, 0.3) is 5.91 Å². The van der Waals surface area contributed by atoms with E-state index in [9.17, 15) is 14.4 Å². The van der Waals surface area contributed by atoms with Gasteiger partial charge in [-0.05, 0) is 79.2 Å². The van der Waals surface area contributed by atoms with Crippen LogP contribution in [-0.4, -0.2) is 39.6 Å². The first-order chi connectivity index (χ1) is 17.8. The molecule has 37 heavy (non-hydrogen) atoms. The van der Waals surface area contributed by atoms with E-state index >= 15 is 0 Å². The van der Waals surface area contributed by atoms with Crippen LogP contribution in [0.1, 0.15) is 74.0 Å². The Kier molecular flexibility index (Phi) is 7.36. The number of rotatable bonds is 7. The second kappa shape index (κ2) is 10.7. The minimum Gasteiger partial charge on any atom is -0.353 e. The van der Waals surface area contributed by atoms with Crippen LogP contribution in [0.25, 0.3) is 0 Å². The number of amides is 3. The van der Waals surface area contributed by atoms with Crippen molar-refractivity contribution < 1.29 is 14.4 Å². The molecule has 8 heteroatoms. The molecule has 0 spiro atoms.